The molecule has 0 aliphatic carbocycles. The van der Waals surface area contributed by atoms with Crippen LogP contribution in [0.1, 0.15) is 31.4 Å². The molecule has 1 unspecified atom stereocenters. The number of benzene rings is 2. The minimum absolute atomic E-state index is 0.0731. The van der Waals surface area contributed by atoms with Crippen molar-refractivity contribution < 1.29 is 24.1 Å². The van der Waals surface area contributed by atoms with E-state index >= 15 is 0 Å². The number of aliphatic hydroxyl groups is 1. The number of anilines is 1. The van der Waals surface area contributed by atoms with Crippen molar-refractivity contribution >= 4 is 11.7 Å². The van der Waals surface area contributed by atoms with Crippen molar-refractivity contribution in [1.82, 2.24) is 5.32 Å². The Hall–Kier alpha value is -2.93. The minimum Gasteiger partial charge on any atom is -0.494 e. The number of nitrogens with one attached hydrogen (secondary N) is 2. The molecule has 7 heteroatoms. The Morgan fingerprint density at radius 2 is 1.89 bits per heavy atom. The largest absolute Gasteiger partial charge is 0.494 e. The van der Waals surface area contributed by atoms with Crippen molar-refractivity contribution in [2.24, 2.45) is 0 Å². The molecular formula is C21H26N2O5. The summed E-state index contributed by atoms with van der Waals surface area (Å²) in [5, 5.41) is 15.7. The van der Waals surface area contributed by atoms with Crippen molar-refractivity contribution in [1.29, 1.82) is 0 Å². The summed E-state index contributed by atoms with van der Waals surface area (Å²) in [7, 11) is 0. The Kier molecular flexibility index (Phi) is 6.97. The topological polar surface area (TPSA) is 89.1 Å². The van der Waals surface area contributed by atoms with E-state index in [1.54, 1.807) is 30.3 Å². The van der Waals surface area contributed by atoms with Crippen LogP contribution in [-0.2, 0) is 0 Å². The summed E-state index contributed by atoms with van der Waals surface area (Å²) in [5.74, 6) is 2.04. The first-order valence-electron chi connectivity index (χ1n) is 9.51. The number of urea groups is 1. The van der Waals surface area contributed by atoms with Gasteiger partial charge in [0, 0.05) is 12.2 Å². The molecule has 0 saturated heterocycles. The zero-order valence-corrected chi connectivity index (χ0v) is 15.9. The van der Waals surface area contributed by atoms with Crippen LogP contribution in [0, 0.1) is 0 Å². The molecule has 2 amide bonds. The Labute approximate surface area is 164 Å². The number of fused-ring (bicyclic) bond motifs is 1. The van der Waals surface area contributed by atoms with E-state index in [1.165, 1.54) is 0 Å². The van der Waals surface area contributed by atoms with E-state index in [0.29, 0.717) is 42.6 Å². The van der Waals surface area contributed by atoms with Crippen molar-refractivity contribution in [3.8, 4) is 17.2 Å². The highest BCUT2D eigenvalue weighted by Gasteiger charge is 2.16. The van der Waals surface area contributed by atoms with Gasteiger partial charge < -0.3 is 30.0 Å². The summed E-state index contributed by atoms with van der Waals surface area (Å²) < 4.78 is 16.6. The second kappa shape index (κ2) is 9.85. The third-order valence-electron chi connectivity index (χ3n) is 4.29. The fraction of sp³-hybridized carbons (Fsp3) is 0.381. The molecule has 0 fully saturated rings. The first-order valence-corrected chi connectivity index (χ1v) is 9.51. The lowest BCUT2D eigenvalue weighted by molar-refractivity contribution is 0.163. The van der Waals surface area contributed by atoms with E-state index in [4.69, 9.17) is 14.2 Å². The average molecular weight is 386 g/mol. The van der Waals surface area contributed by atoms with Gasteiger partial charge in [0.05, 0.1) is 12.7 Å². The zero-order chi connectivity index (χ0) is 19.8. The molecule has 1 atom stereocenters. The van der Waals surface area contributed by atoms with Crippen LogP contribution in [0.3, 0.4) is 0 Å². The van der Waals surface area contributed by atoms with Crippen molar-refractivity contribution in [2.45, 2.75) is 25.9 Å². The van der Waals surface area contributed by atoms with Crippen LogP contribution < -0.4 is 24.8 Å². The molecule has 150 valence electrons. The van der Waals surface area contributed by atoms with Crippen LogP contribution in [0.15, 0.2) is 42.5 Å². The van der Waals surface area contributed by atoms with Crippen LogP contribution in [0.4, 0.5) is 10.5 Å². The normalized spacial score (nSPS) is 13.5. The molecule has 0 radical (unpaired) electrons. The Morgan fingerprint density at radius 3 is 2.64 bits per heavy atom. The Balaban J connectivity index is 1.46. The summed E-state index contributed by atoms with van der Waals surface area (Å²) in [6.07, 6.45) is 1.24. The molecule has 1 aliphatic rings. The molecule has 0 saturated carbocycles. The predicted octanol–water partition coefficient (Wildman–Crippen LogP) is 3.49. The molecule has 28 heavy (non-hydrogen) atoms. The lowest BCUT2D eigenvalue weighted by Crippen LogP contribution is -2.32. The van der Waals surface area contributed by atoms with E-state index in [1.807, 2.05) is 12.1 Å². The van der Waals surface area contributed by atoms with E-state index in [9.17, 15) is 9.90 Å². The van der Waals surface area contributed by atoms with Crippen molar-refractivity contribution in [3.05, 3.63) is 48.0 Å². The molecule has 0 aromatic heterocycles. The maximum Gasteiger partial charge on any atom is 0.319 e. The molecule has 1 heterocycles. The van der Waals surface area contributed by atoms with E-state index in [2.05, 4.69) is 17.6 Å². The van der Waals surface area contributed by atoms with Crippen molar-refractivity contribution in [3.63, 3.8) is 0 Å². The number of ether oxygens (including phenoxy) is 3. The quantitative estimate of drug-likeness (QED) is 0.605. The van der Waals surface area contributed by atoms with Gasteiger partial charge in [0.2, 0.25) is 0 Å². The minimum atomic E-state index is -0.851. The lowest BCUT2D eigenvalue weighted by atomic mass is 10.1. The van der Waals surface area contributed by atoms with Gasteiger partial charge in [-0.3, -0.25) is 0 Å². The van der Waals surface area contributed by atoms with E-state index in [-0.39, 0.29) is 6.54 Å². The van der Waals surface area contributed by atoms with E-state index < -0.39 is 12.1 Å². The first-order chi connectivity index (χ1) is 13.7. The van der Waals surface area contributed by atoms with Crippen LogP contribution >= 0.6 is 0 Å². The molecule has 2 aromatic rings. The van der Waals surface area contributed by atoms with Gasteiger partial charge in [-0.1, -0.05) is 19.4 Å². The highest BCUT2D eigenvalue weighted by atomic mass is 16.6. The number of amides is 2. The van der Waals surface area contributed by atoms with Crippen LogP contribution in [0.2, 0.25) is 0 Å². The highest BCUT2D eigenvalue weighted by molar-refractivity contribution is 5.89. The van der Waals surface area contributed by atoms with Crippen LogP contribution in [0.25, 0.3) is 0 Å². The second-order valence-electron chi connectivity index (χ2n) is 6.48. The maximum absolute atomic E-state index is 12.1. The fourth-order valence-corrected chi connectivity index (χ4v) is 2.72. The smallest absolute Gasteiger partial charge is 0.319 e. The maximum atomic E-state index is 12.1. The number of hydrogen-bond donors (Lipinski definition) is 3. The number of carbonyl (C=O) groups is 1. The number of hydrogen-bond acceptors (Lipinski definition) is 5. The van der Waals surface area contributed by atoms with Gasteiger partial charge in [0.15, 0.2) is 11.5 Å². The Morgan fingerprint density at radius 1 is 1.14 bits per heavy atom. The molecule has 1 aliphatic heterocycles. The van der Waals surface area contributed by atoms with Gasteiger partial charge in [-0.25, -0.2) is 4.79 Å². The molecule has 7 nitrogen and oxygen atoms in total. The number of aliphatic hydroxyl groups excluding tert-OH is 1. The SMILES string of the molecule is CCCCOc1ccc(NC(=O)NCC(O)c2ccc3c(c2)OCCO3)cc1. The van der Waals surface area contributed by atoms with Gasteiger partial charge in [-0.05, 0) is 48.4 Å². The summed E-state index contributed by atoms with van der Waals surface area (Å²) in [6.45, 7) is 3.86. The van der Waals surface area contributed by atoms with Crippen LogP contribution in [-0.4, -0.2) is 37.5 Å². The third kappa shape index (κ3) is 5.53. The van der Waals surface area contributed by atoms with Gasteiger partial charge in [0.1, 0.15) is 19.0 Å². The number of carbonyl (C=O) groups excluding carboxylic acids is 1. The second-order valence-corrected chi connectivity index (χ2v) is 6.48. The molecule has 0 bridgehead atoms. The summed E-state index contributed by atoms with van der Waals surface area (Å²) in [4.78, 5) is 12.1. The van der Waals surface area contributed by atoms with Gasteiger partial charge in [-0.15, -0.1) is 0 Å². The van der Waals surface area contributed by atoms with E-state index in [0.717, 1.165) is 18.6 Å². The Bertz CT molecular complexity index is 779. The monoisotopic (exact) mass is 386 g/mol. The van der Waals surface area contributed by atoms with Gasteiger partial charge >= 0.3 is 6.03 Å². The molecule has 3 rings (SSSR count). The fourth-order valence-electron chi connectivity index (χ4n) is 2.72. The number of unbranched alkanes of at least 4 members (excludes halogenated alkanes) is 1. The summed E-state index contributed by atoms with van der Waals surface area (Å²) in [6, 6.07) is 12.0. The van der Waals surface area contributed by atoms with Crippen LogP contribution in [0.5, 0.6) is 17.2 Å². The van der Waals surface area contributed by atoms with Gasteiger partial charge in [-0.2, -0.15) is 0 Å². The summed E-state index contributed by atoms with van der Waals surface area (Å²) >= 11 is 0. The first kappa shape index (κ1) is 19.8. The lowest BCUT2D eigenvalue weighted by Gasteiger charge is -2.20. The summed E-state index contributed by atoms with van der Waals surface area (Å²) in [5.41, 5.74) is 1.30. The van der Waals surface area contributed by atoms with Gasteiger partial charge in [0.25, 0.3) is 0 Å². The predicted molar refractivity (Wildman–Crippen MR) is 106 cm³/mol. The molecule has 3 N–H and O–H groups in total. The molecule has 2 aromatic carbocycles. The third-order valence-corrected chi connectivity index (χ3v) is 4.29. The highest BCUT2D eigenvalue weighted by Crippen LogP contribution is 2.32. The standard InChI is InChI=1S/C21H26N2O5/c1-2-3-10-26-17-7-5-16(6-8-17)23-21(25)22-14-18(24)15-4-9-19-20(13-15)28-12-11-27-19/h4-9,13,18,24H,2-3,10-12,14H2,1H3,(H2,22,23,25). The number of rotatable bonds is 8. The average Bonchev–Trinajstić information content (AvgIpc) is 2.73. The molecular weight excluding hydrogens is 360 g/mol. The van der Waals surface area contributed by atoms with Crippen molar-refractivity contribution in [2.75, 3.05) is 31.7 Å². The zero-order valence-electron chi connectivity index (χ0n) is 15.9. The molecule has 0 spiro atoms.